The van der Waals surface area contributed by atoms with E-state index in [1.807, 2.05) is 0 Å². The number of nitro benzene ring substituents is 1. The summed E-state index contributed by atoms with van der Waals surface area (Å²) in [6.07, 6.45) is 3.03. The number of anilines is 1. The molecule has 1 aromatic rings. The van der Waals surface area contributed by atoms with Gasteiger partial charge in [0.05, 0.1) is 30.8 Å². The summed E-state index contributed by atoms with van der Waals surface area (Å²) in [6.45, 7) is 0.528. The molecule has 0 bridgehead atoms. The summed E-state index contributed by atoms with van der Waals surface area (Å²) in [5.41, 5.74) is 0.139. The first-order valence-corrected chi connectivity index (χ1v) is 6.74. The Morgan fingerprint density at radius 2 is 1.86 bits per heavy atom. The predicted octanol–water partition coefficient (Wildman–Crippen LogP) is 2.59. The van der Waals surface area contributed by atoms with Gasteiger partial charge in [0.25, 0.3) is 5.69 Å². The second-order valence-corrected chi connectivity index (χ2v) is 5.08. The van der Waals surface area contributed by atoms with E-state index >= 15 is 0 Å². The first-order chi connectivity index (χ1) is 10.0. The van der Waals surface area contributed by atoms with Crippen LogP contribution >= 0.6 is 0 Å². The molecule has 0 amide bonds. The molecule has 0 heterocycles. The van der Waals surface area contributed by atoms with Gasteiger partial charge in [-0.1, -0.05) is 0 Å². The van der Waals surface area contributed by atoms with Crippen LogP contribution in [0, 0.1) is 10.1 Å². The van der Waals surface area contributed by atoms with Crippen LogP contribution in [-0.4, -0.2) is 38.4 Å². The molecule has 0 saturated heterocycles. The van der Waals surface area contributed by atoms with Crippen molar-refractivity contribution in [3.63, 3.8) is 0 Å². The van der Waals surface area contributed by atoms with Crippen molar-refractivity contribution < 1.29 is 19.1 Å². The lowest BCUT2D eigenvalue weighted by atomic mass is 9.80. The average Bonchev–Trinajstić information content (AvgIpc) is 2.45. The van der Waals surface area contributed by atoms with E-state index in [0.29, 0.717) is 23.7 Å². The van der Waals surface area contributed by atoms with E-state index in [1.165, 1.54) is 20.3 Å². The normalized spacial score (nSPS) is 16.0. The zero-order valence-electron chi connectivity index (χ0n) is 12.5. The highest BCUT2D eigenvalue weighted by Crippen LogP contribution is 2.39. The SMILES string of the molecule is COc1cc(NCC2(OC)CCC2)c([N+](=O)[O-])cc1OC. The average molecular weight is 296 g/mol. The Kier molecular flexibility index (Phi) is 4.52. The molecule has 1 aromatic carbocycles. The second kappa shape index (κ2) is 6.17. The van der Waals surface area contributed by atoms with Crippen molar-refractivity contribution >= 4 is 11.4 Å². The number of hydrogen-bond acceptors (Lipinski definition) is 6. The van der Waals surface area contributed by atoms with Gasteiger partial charge in [0.1, 0.15) is 5.69 Å². The van der Waals surface area contributed by atoms with Crippen LogP contribution in [0.15, 0.2) is 12.1 Å². The Labute approximate surface area is 123 Å². The summed E-state index contributed by atoms with van der Waals surface area (Å²) in [5.74, 6) is 0.783. The summed E-state index contributed by atoms with van der Waals surface area (Å²) in [5, 5.41) is 14.3. The van der Waals surface area contributed by atoms with E-state index in [0.717, 1.165) is 19.3 Å². The van der Waals surface area contributed by atoms with Crippen molar-refractivity contribution in [1.29, 1.82) is 0 Å². The maximum absolute atomic E-state index is 11.2. The molecule has 0 radical (unpaired) electrons. The van der Waals surface area contributed by atoms with Crippen molar-refractivity contribution in [2.75, 3.05) is 33.2 Å². The fourth-order valence-electron chi connectivity index (χ4n) is 2.44. The van der Waals surface area contributed by atoms with Crippen molar-refractivity contribution in [3.05, 3.63) is 22.2 Å². The Morgan fingerprint density at radius 1 is 1.24 bits per heavy atom. The molecular weight excluding hydrogens is 276 g/mol. The van der Waals surface area contributed by atoms with Crippen LogP contribution in [0.25, 0.3) is 0 Å². The van der Waals surface area contributed by atoms with Crippen molar-refractivity contribution in [1.82, 2.24) is 0 Å². The minimum atomic E-state index is -0.440. The molecule has 1 aliphatic rings. The zero-order chi connectivity index (χ0) is 15.5. The maximum Gasteiger partial charge on any atom is 0.296 e. The number of benzene rings is 1. The molecular formula is C14H20N2O5. The number of nitro groups is 1. The van der Waals surface area contributed by atoms with E-state index in [9.17, 15) is 10.1 Å². The van der Waals surface area contributed by atoms with E-state index in [-0.39, 0.29) is 11.3 Å². The highest BCUT2D eigenvalue weighted by atomic mass is 16.6. The Bertz CT molecular complexity index is 523. The van der Waals surface area contributed by atoms with Crippen LogP contribution in [0.4, 0.5) is 11.4 Å². The fraction of sp³-hybridized carbons (Fsp3) is 0.571. The third-order valence-corrected chi connectivity index (χ3v) is 4.00. The van der Waals surface area contributed by atoms with Crippen molar-refractivity contribution in [2.45, 2.75) is 24.9 Å². The van der Waals surface area contributed by atoms with Crippen molar-refractivity contribution in [2.24, 2.45) is 0 Å². The number of ether oxygens (including phenoxy) is 3. The third kappa shape index (κ3) is 3.02. The lowest BCUT2D eigenvalue weighted by molar-refractivity contribution is -0.384. The van der Waals surface area contributed by atoms with Gasteiger partial charge in [-0.15, -0.1) is 0 Å². The van der Waals surface area contributed by atoms with E-state index in [1.54, 1.807) is 13.2 Å². The molecule has 7 heteroatoms. The first-order valence-electron chi connectivity index (χ1n) is 6.74. The number of nitrogens with one attached hydrogen (secondary N) is 1. The van der Waals surface area contributed by atoms with Crippen LogP contribution in [0.1, 0.15) is 19.3 Å². The van der Waals surface area contributed by atoms with Crippen LogP contribution in [0.3, 0.4) is 0 Å². The minimum Gasteiger partial charge on any atom is -0.493 e. The predicted molar refractivity (Wildman–Crippen MR) is 78.3 cm³/mol. The fourth-order valence-corrected chi connectivity index (χ4v) is 2.44. The van der Waals surface area contributed by atoms with Gasteiger partial charge in [-0.25, -0.2) is 0 Å². The third-order valence-electron chi connectivity index (χ3n) is 4.00. The molecule has 0 aliphatic heterocycles. The quantitative estimate of drug-likeness (QED) is 0.615. The molecule has 1 aliphatic carbocycles. The zero-order valence-corrected chi connectivity index (χ0v) is 12.5. The molecule has 1 saturated carbocycles. The van der Waals surface area contributed by atoms with E-state index in [4.69, 9.17) is 14.2 Å². The summed E-state index contributed by atoms with van der Waals surface area (Å²) >= 11 is 0. The number of methoxy groups -OCH3 is 3. The largest absolute Gasteiger partial charge is 0.493 e. The molecule has 21 heavy (non-hydrogen) atoms. The molecule has 0 spiro atoms. The standard InChI is InChI=1S/C14H20N2O5/c1-19-12-7-10(11(16(17)18)8-13(12)20-2)15-9-14(21-3)5-4-6-14/h7-8,15H,4-6,9H2,1-3H3. The molecule has 116 valence electrons. The maximum atomic E-state index is 11.2. The summed E-state index contributed by atoms with van der Waals surface area (Å²) in [7, 11) is 4.61. The van der Waals surface area contributed by atoms with E-state index in [2.05, 4.69) is 5.32 Å². The second-order valence-electron chi connectivity index (χ2n) is 5.08. The molecule has 1 N–H and O–H groups in total. The van der Waals surface area contributed by atoms with Crippen LogP contribution in [-0.2, 0) is 4.74 Å². The van der Waals surface area contributed by atoms with Crippen LogP contribution < -0.4 is 14.8 Å². The number of nitrogens with zero attached hydrogens (tertiary/aromatic N) is 1. The van der Waals surface area contributed by atoms with Crippen LogP contribution in [0.2, 0.25) is 0 Å². The van der Waals surface area contributed by atoms with Gasteiger partial charge in [-0.05, 0) is 19.3 Å². The topological polar surface area (TPSA) is 82.9 Å². The van der Waals surface area contributed by atoms with Gasteiger partial charge in [0.15, 0.2) is 11.5 Å². The highest BCUT2D eigenvalue weighted by Gasteiger charge is 2.37. The molecule has 7 nitrogen and oxygen atoms in total. The van der Waals surface area contributed by atoms with Gasteiger partial charge in [-0.3, -0.25) is 10.1 Å². The van der Waals surface area contributed by atoms with Crippen molar-refractivity contribution in [3.8, 4) is 11.5 Å². The van der Waals surface area contributed by atoms with E-state index < -0.39 is 4.92 Å². The molecule has 0 atom stereocenters. The molecule has 0 unspecified atom stereocenters. The monoisotopic (exact) mass is 296 g/mol. The minimum absolute atomic E-state index is 0.0433. The lowest BCUT2D eigenvalue weighted by Gasteiger charge is -2.40. The lowest BCUT2D eigenvalue weighted by Crippen LogP contribution is -2.45. The van der Waals surface area contributed by atoms with Gasteiger partial charge in [0, 0.05) is 19.7 Å². The van der Waals surface area contributed by atoms with Gasteiger partial charge in [0.2, 0.25) is 0 Å². The van der Waals surface area contributed by atoms with Gasteiger partial charge in [-0.2, -0.15) is 0 Å². The first kappa shape index (κ1) is 15.4. The Hall–Kier alpha value is -2.02. The summed E-state index contributed by atoms with van der Waals surface area (Å²) < 4.78 is 15.8. The number of rotatable bonds is 7. The smallest absolute Gasteiger partial charge is 0.296 e. The summed E-state index contributed by atoms with van der Waals surface area (Å²) in [4.78, 5) is 10.8. The summed E-state index contributed by atoms with van der Waals surface area (Å²) in [6, 6.07) is 2.94. The van der Waals surface area contributed by atoms with Crippen LogP contribution in [0.5, 0.6) is 11.5 Å². The molecule has 1 fully saturated rings. The number of hydrogen-bond donors (Lipinski definition) is 1. The van der Waals surface area contributed by atoms with Gasteiger partial charge >= 0.3 is 0 Å². The Morgan fingerprint density at radius 3 is 2.29 bits per heavy atom. The Balaban J connectivity index is 2.26. The van der Waals surface area contributed by atoms with Gasteiger partial charge < -0.3 is 19.5 Å². The highest BCUT2D eigenvalue weighted by molar-refractivity contribution is 5.68. The molecule has 0 aromatic heterocycles. The molecule has 2 rings (SSSR count).